The zero-order valence-corrected chi connectivity index (χ0v) is 11.8. The molecule has 2 aromatic rings. The van der Waals surface area contributed by atoms with Crippen LogP contribution in [0.25, 0.3) is 0 Å². The number of hydrogen-bond donors (Lipinski definition) is 1. The first-order chi connectivity index (χ1) is 9.24. The first kappa shape index (κ1) is 14.0. The van der Waals surface area contributed by atoms with Crippen LogP contribution in [-0.4, -0.2) is 17.2 Å². The van der Waals surface area contributed by atoms with Crippen molar-refractivity contribution in [3.8, 4) is 5.75 Å². The summed E-state index contributed by atoms with van der Waals surface area (Å²) in [7, 11) is 1.67. The van der Waals surface area contributed by atoms with Crippen LogP contribution in [0.5, 0.6) is 5.75 Å². The second-order valence-corrected chi connectivity index (χ2v) is 5.00. The Hall–Kier alpha value is -1.43. The largest absolute Gasteiger partial charge is 0.487 e. The molecule has 0 saturated heterocycles. The molecule has 0 spiro atoms. The molecule has 0 amide bonds. The number of rotatable bonds is 6. The Labute approximate surface area is 116 Å². The number of benzene rings is 1. The molecule has 0 saturated carbocycles. The standard InChI is InChI=1S/C14H17NO3S/c1-10(17-2)14-15-12(9-19-14)8-18-13-6-4-3-5-11(13)7-16/h3-6,9-10,16H,7-8H2,1-2H3/t10-/m0/s1. The van der Waals surface area contributed by atoms with Crippen LogP contribution in [0.15, 0.2) is 29.6 Å². The van der Waals surface area contributed by atoms with Gasteiger partial charge in [-0.05, 0) is 13.0 Å². The number of hydrogen-bond acceptors (Lipinski definition) is 5. The summed E-state index contributed by atoms with van der Waals surface area (Å²) in [5.74, 6) is 0.694. The van der Waals surface area contributed by atoms with Crippen molar-refractivity contribution in [3.63, 3.8) is 0 Å². The summed E-state index contributed by atoms with van der Waals surface area (Å²) < 4.78 is 10.9. The third-order valence-electron chi connectivity index (χ3n) is 2.79. The van der Waals surface area contributed by atoms with E-state index >= 15 is 0 Å². The predicted molar refractivity (Wildman–Crippen MR) is 74.2 cm³/mol. The molecule has 5 heteroatoms. The van der Waals surface area contributed by atoms with Gasteiger partial charge in [0.25, 0.3) is 0 Å². The molecule has 19 heavy (non-hydrogen) atoms. The SMILES string of the molecule is CO[C@@H](C)c1nc(COc2ccccc2CO)cs1. The Morgan fingerprint density at radius 2 is 2.16 bits per heavy atom. The van der Waals surface area contributed by atoms with E-state index in [1.807, 2.05) is 36.6 Å². The van der Waals surface area contributed by atoms with E-state index in [-0.39, 0.29) is 12.7 Å². The third kappa shape index (κ3) is 3.53. The highest BCUT2D eigenvalue weighted by Gasteiger charge is 2.10. The average Bonchev–Trinajstić information content (AvgIpc) is 2.93. The van der Waals surface area contributed by atoms with Crippen LogP contribution in [0.4, 0.5) is 0 Å². The lowest BCUT2D eigenvalue weighted by atomic mass is 10.2. The lowest BCUT2D eigenvalue weighted by Crippen LogP contribution is -2.00. The minimum atomic E-state index is -0.0286. The van der Waals surface area contributed by atoms with Crippen molar-refractivity contribution in [3.05, 3.63) is 45.9 Å². The summed E-state index contributed by atoms with van der Waals surface area (Å²) >= 11 is 1.56. The highest BCUT2D eigenvalue weighted by molar-refractivity contribution is 7.09. The molecule has 1 aromatic heterocycles. The number of methoxy groups -OCH3 is 1. The minimum Gasteiger partial charge on any atom is -0.487 e. The number of aliphatic hydroxyl groups excluding tert-OH is 1. The number of ether oxygens (including phenoxy) is 2. The maximum atomic E-state index is 9.21. The fraction of sp³-hybridized carbons (Fsp3) is 0.357. The van der Waals surface area contributed by atoms with Gasteiger partial charge in [-0.25, -0.2) is 4.98 Å². The lowest BCUT2D eigenvalue weighted by Gasteiger charge is -2.08. The first-order valence-corrected chi connectivity index (χ1v) is 6.91. The van der Waals surface area contributed by atoms with Gasteiger partial charge in [0.2, 0.25) is 0 Å². The molecule has 0 fully saturated rings. The summed E-state index contributed by atoms with van der Waals surface area (Å²) in [6, 6.07) is 7.44. The van der Waals surface area contributed by atoms with Crippen LogP contribution in [0, 0.1) is 0 Å². The van der Waals surface area contributed by atoms with Crippen molar-refractivity contribution in [2.45, 2.75) is 26.2 Å². The van der Waals surface area contributed by atoms with E-state index in [1.54, 1.807) is 18.4 Å². The lowest BCUT2D eigenvalue weighted by molar-refractivity contribution is 0.119. The van der Waals surface area contributed by atoms with Crippen molar-refractivity contribution in [1.82, 2.24) is 4.98 Å². The fourth-order valence-corrected chi connectivity index (χ4v) is 2.44. The smallest absolute Gasteiger partial charge is 0.131 e. The quantitative estimate of drug-likeness (QED) is 0.883. The van der Waals surface area contributed by atoms with Gasteiger partial charge in [-0.3, -0.25) is 0 Å². The summed E-state index contributed by atoms with van der Waals surface area (Å²) in [6.07, 6.45) is 0.00322. The molecule has 0 bridgehead atoms. The van der Waals surface area contributed by atoms with Crippen LogP contribution in [0.3, 0.4) is 0 Å². The monoisotopic (exact) mass is 279 g/mol. The summed E-state index contributed by atoms with van der Waals surface area (Å²) in [6.45, 7) is 2.33. The molecule has 0 unspecified atom stereocenters. The molecule has 2 rings (SSSR count). The van der Waals surface area contributed by atoms with E-state index in [4.69, 9.17) is 9.47 Å². The third-order valence-corrected chi connectivity index (χ3v) is 3.84. The zero-order chi connectivity index (χ0) is 13.7. The Morgan fingerprint density at radius 1 is 1.37 bits per heavy atom. The zero-order valence-electron chi connectivity index (χ0n) is 11.0. The molecule has 1 atom stereocenters. The van der Waals surface area contributed by atoms with Crippen LogP contribution in [0.1, 0.15) is 29.3 Å². The highest BCUT2D eigenvalue weighted by atomic mass is 32.1. The van der Waals surface area contributed by atoms with Gasteiger partial charge in [-0.2, -0.15) is 0 Å². The van der Waals surface area contributed by atoms with Crippen molar-refractivity contribution >= 4 is 11.3 Å². The van der Waals surface area contributed by atoms with E-state index in [2.05, 4.69) is 4.98 Å². The van der Waals surface area contributed by atoms with Crippen molar-refractivity contribution in [1.29, 1.82) is 0 Å². The summed E-state index contributed by atoms with van der Waals surface area (Å²) in [5, 5.41) is 12.1. The molecular weight excluding hydrogens is 262 g/mol. The van der Waals surface area contributed by atoms with Gasteiger partial charge in [-0.15, -0.1) is 11.3 Å². The predicted octanol–water partition coefficient (Wildman–Crippen LogP) is 2.92. The first-order valence-electron chi connectivity index (χ1n) is 6.03. The fourth-order valence-electron chi connectivity index (χ4n) is 1.60. The number of thiazole rings is 1. The van der Waals surface area contributed by atoms with Crippen LogP contribution in [-0.2, 0) is 18.0 Å². The van der Waals surface area contributed by atoms with Gasteiger partial charge in [0, 0.05) is 18.1 Å². The highest BCUT2D eigenvalue weighted by Crippen LogP contribution is 2.22. The molecule has 102 valence electrons. The van der Waals surface area contributed by atoms with Gasteiger partial charge in [0.05, 0.1) is 12.3 Å². The molecule has 0 aliphatic carbocycles. The number of aromatic nitrogens is 1. The van der Waals surface area contributed by atoms with Gasteiger partial charge in [-0.1, -0.05) is 18.2 Å². The molecule has 1 heterocycles. The maximum Gasteiger partial charge on any atom is 0.131 e. The van der Waals surface area contributed by atoms with E-state index in [9.17, 15) is 5.11 Å². The molecule has 0 aliphatic heterocycles. The van der Waals surface area contributed by atoms with Gasteiger partial charge >= 0.3 is 0 Å². The summed E-state index contributed by atoms with van der Waals surface area (Å²) in [5.41, 5.74) is 1.65. The maximum absolute atomic E-state index is 9.21. The van der Waals surface area contributed by atoms with Gasteiger partial charge in [0.1, 0.15) is 23.5 Å². The van der Waals surface area contributed by atoms with Gasteiger partial charge < -0.3 is 14.6 Å². The van der Waals surface area contributed by atoms with E-state index in [0.29, 0.717) is 12.4 Å². The van der Waals surface area contributed by atoms with Gasteiger partial charge in [0.15, 0.2) is 0 Å². The van der Waals surface area contributed by atoms with E-state index in [1.165, 1.54) is 0 Å². The van der Waals surface area contributed by atoms with Crippen molar-refractivity contribution in [2.24, 2.45) is 0 Å². The molecule has 0 radical (unpaired) electrons. The number of para-hydroxylation sites is 1. The second-order valence-electron chi connectivity index (χ2n) is 4.11. The van der Waals surface area contributed by atoms with E-state index < -0.39 is 0 Å². The summed E-state index contributed by atoms with van der Waals surface area (Å²) in [4.78, 5) is 4.46. The number of nitrogens with zero attached hydrogens (tertiary/aromatic N) is 1. The molecule has 0 aliphatic rings. The molecule has 4 nitrogen and oxygen atoms in total. The second kappa shape index (κ2) is 6.65. The topological polar surface area (TPSA) is 51.6 Å². The molecule has 1 N–H and O–H groups in total. The van der Waals surface area contributed by atoms with Crippen LogP contribution >= 0.6 is 11.3 Å². The van der Waals surface area contributed by atoms with Crippen LogP contribution in [0.2, 0.25) is 0 Å². The van der Waals surface area contributed by atoms with Crippen molar-refractivity contribution < 1.29 is 14.6 Å². The normalized spacial score (nSPS) is 12.4. The molecular formula is C14H17NO3S. The molecule has 1 aromatic carbocycles. The Morgan fingerprint density at radius 3 is 2.89 bits per heavy atom. The average molecular weight is 279 g/mol. The Balaban J connectivity index is 2.00. The number of aliphatic hydroxyl groups is 1. The minimum absolute atomic E-state index is 0.00322. The van der Waals surface area contributed by atoms with Crippen LogP contribution < -0.4 is 4.74 Å². The Kier molecular flexibility index (Phi) is 4.90. The van der Waals surface area contributed by atoms with Crippen molar-refractivity contribution in [2.75, 3.05) is 7.11 Å². The Bertz CT molecular complexity index is 527. The van der Waals surface area contributed by atoms with E-state index in [0.717, 1.165) is 16.3 Å².